The number of hydrogen-bond donors (Lipinski definition) is 0. The number of rotatable bonds is 7. The summed E-state index contributed by atoms with van der Waals surface area (Å²) in [6.45, 7) is 9.58. The molecule has 1 aliphatic rings. The highest BCUT2D eigenvalue weighted by atomic mass is 16.7. The highest BCUT2D eigenvalue weighted by Crippen LogP contribution is 2.30. The minimum atomic E-state index is -0.897. The van der Waals surface area contributed by atoms with E-state index in [0.717, 1.165) is 23.3 Å². The number of carbonyl (C=O) groups excluding carboxylic acids is 2. The largest absolute Gasteiger partial charge is 0.449 e. The molecule has 2 atom stereocenters. The Balaban J connectivity index is 2.80. The number of imide groups is 1. The molecule has 0 radical (unpaired) electrons. The molecule has 22 heavy (non-hydrogen) atoms. The molecule has 0 saturated carbocycles. The second-order valence-corrected chi connectivity index (χ2v) is 6.05. The number of allylic oxidation sites excluding steroid dienone is 1. The van der Waals surface area contributed by atoms with E-state index in [-0.39, 0.29) is 0 Å². The minimum Gasteiger partial charge on any atom is -0.449 e. The molecule has 0 aliphatic carbocycles. The van der Waals surface area contributed by atoms with Gasteiger partial charge in [-0.2, -0.15) is 0 Å². The van der Waals surface area contributed by atoms with E-state index in [1.54, 1.807) is 13.8 Å². The van der Waals surface area contributed by atoms with E-state index in [1.807, 2.05) is 26.8 Å². The lowest BCUT2D eigenvalue weighted by Gasteiger charge is -2.45. The Kier molecular flexibility index (Phi) is 6.56. The number of likely N-dealkylation sites (tertiary alicyclic amines) is 1. The molecule has 6 nitrogen and oxygen atoms in total. The molecule has 1 aliphatic heterocycles. The van der Waals surface area contributed by atoms with Crippen molar-refractivity contribution in [2.45, 2.75) is 65.4 Å². The lowest BCUT2D eigenvalue weighted by molar-refractivity contribution is -0.246. The van der Waals surface area contributed by atoms with Gasteiger partial charge in [-0.15, -0.1) is 0 Å². The van der Waals surface area contributed by atoms with E-state index in [1.165, 1.54) is 7.11 Å². The number of methoxy groups -OCH3 is 1. The predicted molar refractivity (Wildman–Crippen MR) is 82.3 cm³/mol. The van der Waals surface area contributed by atoms with Crippen LogP contribution in [0.4, 0.5) is 4.79 Å². The van der Waals surface area contributed by atoms with Crippen LogP contribution in [-0.2, 0) is 19.0 Å². The molecule has 6 heteroatoms. The number of unbranched alkanes of at least 4 members (excludes halogenated alkanes) is 1. The van der Waals surface area contributed by atoms with E-state index in [9.17, 15) is 9.59 Å². The van der Waals surface area contributed by atoms with Crippen molar-refractivity contribution in [1.82, 2.24) is 4.90 Å². The normalized spacial score (nSPS) is 21.4. The van der Waals surface area contributed by atoms with Crippen LogP contribution in [0.3, 0.4) is 0 Å². The third-order valence-corrected chi connectivity index (χ3v) is 3.42. The van der Waals surface area contributed by atoms with Gasteiger partial charge in [-0.1, -0.05) is 25.0 Å². The van der Waals surface area contributed by atoms with Gasteiger partial charge in [-0.3, -0.25) is 4.79 Å². The number of nitrogens with zero attached hydrogens (tertiary/aromatic N) is 1. The summed E-state index contributed by atoms with van der Waals surface area (Å²) >= 11 is 0. The van der Waals surface area contributed by atoms with Crippen molar-refractivity contribution in [3.8, 4) is 0 Å². The Morgan fingerprint density at radius 3 is 2.50 bits per heavy atom. The summed E-state index contributed by atoms with van der Waals surface area (Å²) < 4.78 is 16.0. The second kappa shape index (κ2) is 7.74. The van der Waals surface area contributed by atoms with Gasteiger partial charge in [0.05, 0.1) is 12.6 Å². The zero-order valence-electron chi connectivity index (χ0n) is 14.3. The topological polar surface area (TPSA) is 65.1 Å². The molecule has 0 aromatic heterocycles. The molecule has 0 aromatic carbocycles. The fourth-order valence-corrected chi connectivity index (χ4v) is 2.05. The summed E-state index contributed by atoms with van der Waals surface area (Å²) in [5.41, 5.74) is 0.993. The molecule has 1 heterocycles. The minimum absolute atomic E-state index is 0.315. The van der Waals surface area contributed by atoms with Gasteiger partial charge in [0.2, 0.25) is 0 Å². The van der Waals surface area contributed by atoms with E-state index in [4.69, 9.17) is 14.2 Å². The first kappa shape index (κ1) is 18.6. The first-order chi connectivity index (χ1) is 10.2. The summed E-state index contributed by atoms with van der Waals surface area (Å²) in [5.74, 6) is -1.29. The van der Waals surface area contributed by atoms with E-state index in [2.05, 4.69) is 0 Å². The average Bonchev–Trinajstić information content (AvgIpc) is 2.44. The maximum absolute atomic E-state index is 12.2. The summed E-state index contributed by atoms with van der Waals surface area (Å²) in [7, 11) is 1.51. The Hall–Kier alpha value is -1.40. The summed E-state index contributed by atoms with van der Waals surface area (Å²) in [5, 5.41) is 0. The maximum Gasteiger partial charge on any atom is 0.417 e. The fourth-order valence-electron chi connectivity index (χ4n) is 2.05. The van der Waals surface area contributed by atoms with Crippen LogP contribution in [0.2, 0.25) is 0 Å². The van der Waals surface area contributed by atoms with Crippen LogP contribution in [-0.4, -0.2) is 48.5 Å². The Morgan fingerprint density at radius 1 is 1.36 bits per heavy atom. The quantitative estimate of drug-likeness (QED) is 0.313. The van der Waals surface area contributed by atoms with Crippen molar-refractivity contribution in [3.63, 3.8) is 0 Å². The number of hydrogen-bond acceptors (Lipinski definition) is 5. The van der Waals surface area contributed by atoms with Gasteiger partial charge < -0.3 is 14.2 Å². The van der Waals surface area contributed by atoms with Gasteiger partial charge in [0, 0.05) is 7.11 Å². The zero-order valence-corrected chi connectivity index (χ0v) is 14.3. The molecule has 0 aromatic rings. The van der Waals surface area contributed by atoms with Gasteiger partial charge in [-0.05, 0) is 34.1 Å². The third-order valence-electron chi connectivity index (χ3n) is 3.42. The Morgan fingerprint density at radius 2 is 2.00 bits per heavy atom. The van der Waals surface area contributed by atoms with Gasteiger partial charge >= 0.3 is 6.09 Å². The van der Waals surface area contributed by atoms with Crippen LogP contribution in [0.25, 0.3) is 0 Å². The zero-order chi connectivity index (χ0) is 16.9. The van der Waals surface area contributed by atoms with E-state index in [0.29, 0.717) is 6.61 Å². The lowest BCUT2D eigenvalue weighted by Crippen LogP contribution is -2.68. The average molecular weight is 313 g/mol. The van der Waals surface area contributed by atoms with Crippen molar-refractivity contribution in [1.29, 1.82) is 0 Å². The molecule has 0 unspecified atom stereocenters. The summed E-state index contributed by atoms with van der Waals surface area (Å²) in [6.07, 6.45) is 2.18. The lowest BCUT2D eigenvalue weighted by atomic mass is 9.96. The maximum atomic E-state index is 12.2. The van der Waals surface area contributed by atoms with Crippen LogP contribution in [0, 0.1) is 0 Å². The smallest absolute Gasteiger partial charge is 0.417 e. The predicted octanol–water partition coefficient (Wildman–Crippen LogP) is 2.87. The molecule has 0 bridgehead atoms. The van der Waals surface area contributed by atoms with Crippen molar-refractivity contribution >= 4 is 12.0 Å². The molecule has 1 fully saturated rings. The standard InChI is InChI=1S/C16H27NO5/c1-7-8-9-21-15(19)17-12(10-11(2)3)13(14(17)18)22-16(4,5)20-6/h10,12-13H,7-9H2,1-6H3/t12-,13+/m0/s1. The molecule has 1 rings (SSSR count). The molecule has 2 amide bonds. The molecular formula is C16H27NO5. The van der Waals surface area contributed by atoms with E-state index < -0.39 is 29.9 Å². The van der Waals surface area contributed by atoms with Crippen LogP contribution in [0.15, 0.2) is 11.6 Å². The van der Waals surface area contributed by atoms with Crippen LogP contribution < -0.4 is 0 Å². The van der Waals surface area contributed by atoms with Gasteiger partial charge in [0.1, 0.15) is 0 Å². The monoisotopic (exact) mass is 313 g/mol. The Labute approximate surface area is 132 Å². The first-order valence-corrected chi connectivity index (χ1v) is 7.61. The second-order valence-electron chi connectivity index (χ2n) is 6.05. The van der Waals surface area contributed by atoms with Crippen molar-refractivity contribution in [3.05, 3.63) is 11.6 Å². The van der Waals surface area contributed by atoms with Gasteiger partial charge in [-0.25, -0.2) is 9.69 Å². The molecule has 0 spiro atoms. The Bertz CT molecular complexity index is 440. The van der Waals surface area contributed by atoms with E-state index >= 15 is 0 Å². The van der Waals surface area contributed by atoms with Gasteiger partial charge in [0.15, 0.2) is 11.9 Å². The highest BCUT2D eigenvalue weighted by molar-refractivity contribution is 6.01. The number of amides is 2. The summed E-state index contributed by atoms with van der Waals surface area (Å²) in [6, 6.07) is -0.457. The fraction of sp³-hybridized carbons (Fsp3) is 0.750. The van der Waals surface area contributed by atoms with Crippen molar-refractivity contribution in [2.75, 3.05) is 13.7 Å². The van der Waals surface area contributed by atoms with Crippen molar-refractivity contribution in [2.24, 2.45) is 0 Å². The number of carbonyl (C=O) groups is 2. The number of β-lactam (4-membered cyclic amide) rings is 1. The SMILES string of the molecule is CCCCOC(=O)N1C(=O)[C@H](OC(C)(C)OC)[C@@H]1C=C(C)C. The van der Waals surface area contributed by atoms with Gasteiger partial charge in [0.25, 0.3) is 5.91 Å². The van der Waals surface area contributed by atoms with Crippen LogP contribution >= 0.6 is 0 Å². The highest BCUT2D eigenvalue weighted by Gasteiger charge is 2.53. The number of ether oxygens (including phenoxy) is 3. The first-order valence-electron chi connectivity index (χ1n) is 7.61. The molecular weight excluding hydrogens is 286 g/mol. The molecule has 0 N–H and O–H groups in total. The molecule has 126 valence electrons. The molecule has 1 saturated heterocycles. The third kappa shape index (κ3) is 4.55. The van der Waals surface area contributed by atoms with Crippen LogP contribution in [0.1, 0.15) is 47.5 Å². The van der Waals surface area contributed by atoms with Crippen molar-refractivity contribution < 1.29 is 23.8 Å². The van der Waals surface area contributed by atoms with Crippen LogP contribution in [0.5, 0.6) is 0 Å². The summed E-state index contributed by atoms with van der Waals surface area (Å²) in [4.78, 5) is 25.4.